The van der Waals surface area contributed by atoms with Gasteiger partial charge in [0.15, 0.2) is 0 Å². The molecule has 4 aromatic rings. The van der Waals surface area contributed by atoms with Gasteiger partial charge in [0, 0.05) is 5.92 Å². The zero-order valence-corrected chi connectivity index (χ0v) is 28.8. The molecular weight excluding hydrogens is 620 g/mol. The van der Waals surface area contributed by atoms with Crippen LogP contribution in [-0.2, 0) is 38.4 Å². The molecule has 0 aliphatic heterocycles. The molecule has 0 saturated heterocycles. The van der Waals surface area contributed by atoms with Crippen LogP contribution in [0.3, 0.4) is 0 Å². The molecule has 0 amide bonds. The molecule has 4 aromatic carbocycles. The number of carbonyl (C=O) groups excluding carboxylic acids is 3. The Morgan fingerprint density at radius 2 is 1.00 bits per heavy atom. The van der Waals surface area contributed by atoms with Gasteiger partial charge in [-0.1, -0.05) is 153 Å². The van der Waals surface area contributed by atoms with Crippen molar-refractivity contribution < 1.29 is 38.4 Å². The normalized spacial score (nSPS) is 12.3. The van der Waals surface area contributed by atoms with E-state index in [2.05, 4.69) is 88.0 Å². The largest absolute Gasteiger partial charge is 0.469 e. The molecule has 0 radical (unpaired) electrons. The molecule has 0 spiro atoms. The summed E-state index contributed by atoms with van der Waals surface area (Å²) in [5.74, 6) is -1.73. The Hall–Kier alpha value is -5.31. The zero-order valence-electron chi connectivity index (χ0n) is 28.8. The number of hydrogen-bond donors (Lipinski definition) is 0. The minimum Gasteiger partial charge on any atom is -0.469 e. The van der Waals surface area contributed by atoms with Gasteiger partial charge in [0.2, 0.25) is 0 Å². The van der Waals surface area contributed by atoms with Crippen LogP contribution in [0, 0.1) is 5.92 Å². The molecule has 8 nitrogen and oxygen atoms in total. The number of carbonyl (C=O) groups is 3. The molecule has 0 saturated carbocycles. The summed E-state index contributed by atoms with van der Waals surface area (Å²) in [4.78, 5) is 42.5. The minimum atomic E-state index is -0.582. The molecule has 3 atom stereocenters. The Morgan fingerprint density at radius 3 is 1.43 bits per heavy atom. The predicted octanol–water partition coefficient (Wildman–Crippen LogP) is 8.08. The SMILES string of the molecule is CC(/C=C/c1ccccc1)c1ccccc1.COC(=O)CC(=O)OC.COOCC(C(=O)OC)[C@@H](/C=C/c1ccccc1)c1ccccc1. The van der Waals surface area contributed by atoms with Crippen molar-refractivity contribution in [3.8, 4) is 0 Å². The molecule has 0 aliphatic rings. The van der Waals surface area contributed by atoms with Crippen LogP contribution in [0.1, 0.15) is 47.4 Å². The minimum absolute atomic E-state index is 0.113. The number of rotatable bonds is 13. The summed E-state index contributed by atoms with van der Waals surface area (Å²) in [5.41, 5.74) is 4.69. The molecule has 0 aliphatic carbocycles. The average Bonchev–Trinajstić information content (AvgIpc) is 3.16. The molecule has 2 unspecified atom stereocenters. The lowest BCUT2D eigenvalue weighted by molar-refractivity contribution is -0.280. The van der Waals surface area contributed by atoms with Crippen molar-refractivity contribution in [1.29, 1.82) is 0 Å². The third-order valence-corrected chi connectivity index (χ3v) is 7.23. The standard InChI is InChI=1S/C20H22O4.C16H16.C5H8O4/c1-22-20(21)19(15-24-23-2)18(17-11-7-4-8-12-17)14-13-16-9-5-3-6-10-16;1-14(16-10-6-3-7-11-16)12-13-15-8-4-2-5-9-15;1-8-4(6)3-5(7)9-2/h3-14,18-19H,15H2,1-2H3;2-14H,1H3;3H2,1-2H3/b14-13+;13-12+;/t18-,19?;;/m0../s1. The number of ether oxygens (including phenoxy) is 3. The Bertz CT molecular complexity index is 1520. The first-order chi connectivity index (χ1) is 23.8. The van der Waals surface area contributed by atoms with Gasteiger partial charge in [-0.25, -0.2) is 9.78 Å². The first kappa shape index (κ1) is 39.9. The van der Waals surface area contributed by atoms with Crippen LogP contribution < -0.4 is 0 Å². The van der Waals surface area contributed by atoms with E-state index in [0.29, 0.717) is 5.92 Å². The number of allylic oxidation sites excluding steroid dienone is 2. The van der Waals surface area contributed by atoms with E-state index >= 15 is 0 Å². The van der Waals surface area contributed by atoms with E-state index in [4.69, 9.17) is 9.62 Å². The van der Waals surface area contributed by atoms with Crippen molar-refractivity contribution >= 4 is 30.1 Å². The van der Waals surface area contributed by atoms with Crippen molar-refractivity contribution in [2.75, 3.05) is 35.0 Å². The van der Waals surface area contributed by atoms with Crippen LogP contribution in [0.4, 0.5) is 0 Å². The molecular formula is C41H46O8. The van der Waals surface area contributed by atoms with Gasteiger partial charge in [-0.3, -0.25) is 14.4 Å². The summed E-state index contributed by atoms with van der Waals surface area (Å²) in [6, 6.07) is 40.7. The van der Waals surface area contributed by atoms with E-state index in [-0.39, 0.29) is 24.9 Å². The second kappa shape index (κ2) is 23.9. The molecule has 49 heavy (non-hydrogen) atoms. The summed E-state index contributed by atoms with van der Waals surface area (Å²) in [6.07, 6.45) is 8.11. The molecule has 0 N–H and O–H groups in total. The Balaban J connectivity index is 0.000000286. The summed E-state index contributed by atoms with van der Waals surface area (Å²) < 4.78 is 13.3. The van der Waals surface area contributed by atoms with E-state index in [1.54, 1.807) is 0 Å². The second-order valence-corrected chi connectivity index (χ2v) is 10.6. The van der Waals surface area contributed by atoms with Crippen LogP contribution in [0.5, 0.6) is 0 Å². The maximum Gasteiger partial charge on any atom is 0.316 e. The van der Waals surface area contributed by atoms with Crippen molar-refractivity contribution in [2.45, 2.75) is 25.2 Å². The average molecular weight is 667 g/mol. The van der Waals surface area contributed by atoms with Gasteiger partial charge in [0.1, 0.15) is 6.42 Å². The molecule has 0 heterocycles. The van der Waals surface area contributed by atoms with Crippen molar-refractivity contribution in [2.24, 2.45) is 5.92 Å². The van der Waals surface area contributed by atoms with Gasteiger partial charge in [-0.05, 0) is 28.2 Å². The van der Waals surface area contributed by atoms with Crippen LogP contribution in [0.2, 0.25) is 0 Å². The van der Waals surface area contributed by atoms with Gasteiger partial charge in [-0.2, -0.15) is 0 Å². The summed E-state index contributed by atoms with van der Waals surface area (Å²) >= 11 is 0. The number of esters is 3. The number of methoxy groups -OCH3 is 3. The second-order valence-electron chi connectivity index (χ2n) is 10.6. The Morgan fingerprint density at radius 1 is 0.571 bits per heavy atom. The van der Waals surface area contributed by atoms with Gasteiger partial charge in [0.25, 0.3) is 0 Å². The maximum absolute atomic E-state index is 12.3. The zero-order chi connectivity index (χ0) is 35.7. The van der Waals surface area contributed by atoms with Gasteiger partial charge in [-0.15, -0.1) is 0 Å². The van der Waals surface area contributed by atoms with Gasteiger partial charge in [0.05, 0.1) is 41.0 Å². The quantitative estimate of drug-likeness (QED) is 0.0465. The highest BCUT2D eigenvalue weighted by Gasteiger charge is 2.29. The fourth-order valence-corrected chi connectivity index (χ4v) is 4.49. The lowest BCUT2D eigenvalue weighted by Gasteiger charge is -2.22. The molecule has 258 valence electrons. The van der Waals surface area contributed by atoms with Crippen molar-refractivity contribution in [3.05, 3.63) is 156 Å². The van der Waals surface area contributed by atoms with E-state index < -0.39 is 17.9 Å². The van der Waals surface area contributed by atoms with E-state index in [0.717, 1.165) is 11.1 Å². The van der Waals surface area contributed by atoms with Crippen LogP contribution in [0.15, 0.2) is 133 Å². The first-order valence-corrected chi connectivity index (χ1v) is 15.8. The van der Waals surface area contributed by atoms with E-state index in [1.807, 2.05) is 78.9 Å². The fraction of sp³-hybridized carbons (Fsp3) is 0.244. The highest BCUT2D eigenvalue weighted by atomic mass is 17.2. The van der Waals surface area contributed by atoms with E-state index in [1.165, 1.54) is 39.6 Å². The Labute approximate surface area is 289 Å². The van der Waals surface area contributed by atoms with Crippen LogP contribution in [-0.4, -0.2) is 53.0 Å². The van der Waals surface area contributed by atoms with Gasteiger partial charge >= 0.3 is 17.9 Å². The molecule has 0 bridgehead atoms. The van der Waals surface area contributed by atoms with Crippen LogP contribution in [0.25, 0.3) is 12.2 Å². The third kappa shape index (κ3) is 15.9. The van der Waals surface area contributed by atoms with E-state index in [9.17, 15) is 14.4 Å². The number of hydrogen-bond acceptors (Lipinski definition) is 8. The van der Waals surface area contributed by atoms with Crippen molar-refractivity contribution in [3.63, 3.8) is 0 Å². The van der Waals surface area contributed by atoms with Crippen molar-refractivity contribution in [1.82, 2.24) is 0 Å². The monoisotopic (exact) mass is 666 g/mol. The molecule has 0 aromatic heterocycles. The molecule has 4 rings (SSSR count). The first-order valence-electron chi connectivity index (χ1n) is 15.8. The Kier molecular flexibility index (Phi) is 19.5. The lowest BCUT2D eigenvalue weighted by atomic mass is 9.85. The summed E-state index contributed by atoms with van der Waals surface area (Å²) in [5, 5.41) is 0. The lowest BCUT2D eigenvalue weighted by Crippen LogP contribution is -2.27. The van der Waals surface area contributed by atoms with Crippen LogP contribution >= 0.6 is 0 Å². The third-order valence-electron chi connectivity index (χ3n) is 7.23. The maximum atomic E-state index is 12.3. The molecule has 0 fully saturated rings. The highest BCUT2D eigenvalue weighted by Crippen LogP contribution is 2.29. The fourth-order valence-electron chi connectivity index (χ4n) is 4.49. The summed E-state index contributed by atoms with van der Waals surface area (Å²) in [7, 11) is 5.23. The summed E-state index contributed by atoms with van der Waals surface area (Å²) in [6.45, 7) is 2.33. The topological polar surface area (TPSA) is 97.4 Å². The number of benzene rings is 4. The predicted molar refractivity (Wildman–Crippen MR) is 192 cm³/mol. The highest BCUT2D eigenvalue weighted by molar-refractivity contribution is 5.90. The molecule has 8 heteroatoms. The smallest absolute Gasteiger partial charge is 0.316 e. The van der Waals surface area contributed by atoms with Gasteiger partial charge < -0.3 is 14.2 Å².